The second-order valence-corrected chi connectivity index (χ2v) is 5.54. The fourth-order valence-corrected chi connectivity index (χ4v) is 2.29. The highest BCUT2D eigenvalue weighted by Crippen LogP contribution is 2.12. The van der Waals surface area contributed by atoms with Crippen molar-refractivity contribution in [2.75, 3.05) is 7.11 Å². The first-order chi connectivity index (χ1) is 12.8. The Hall–Kier alpha value is -3.51. The lowest BCUT2D eigenvalue weighted by atomic mass is 10.1. The van der Waals surface area contributed by atoms with Gasteiger partial charge in [-0.25, -0.2) is 0 Å². The molecule has 3 aromatic carbocycles. The summed E-state index contributed by atoms with van der Waals surface area (Å²) in [5.41, 5.74) is 3.47. The van der Waals surface area contributed by atoms with Gasteiger partial charge >= 0.3 is 0 Å². The first-order valence-corrected chi connectivity index (χ1v) is 8.30. The van der Waals surface area contributed by atoms with E-state index in [0.29, 0.717) is 12.3 Å². The van der Waals surface area contributed by atoms with Crippen molar-refractivity contribution in [2.45, 2.75) is 6.61 Å². The van der Waals surface area contributed by atoms with Crippen LogP contribution in [0.2, 0.25) is 0 Å². The first-order valence-electron chi connectivity index (χ1n) is 8.30. The van der Waals surface area contributed by atoms with Gasteiger partial charge in [-0.3, -0.25) is 0 Å². The highest BCUT2D eigenvalue weighted by molar-refractivity contribution is 6.12. The molecule has 128 valence electrons. The molecular formula is C23H19NO2. The largest absolute Gasteiger partial charge is 0.497 e. The Labute approximate surface area is 153 Å². The van der Waals surface area contributed by atoms with Crippen LogP contribution in [0.1, 0.15) is 16.7 Å². The summed E-state index contributed by atoms with van der Waals surface area (Å²) in [6.07, 6.45) is 0. The molecule has 3 heteroatoms. The van der Waals surface area contributed by atoms with Gasteiger partial charge in [0.05, 0.1) is 7.11 Å². The van der Waals surface area contributed by atoms with E-state index in [4.69, 9.17) is 9.57 Å². The average molecular weight is 341 g/mol. The fourth-order valence-electron chi connectivity index (χ4n) is 2.29. The third kappa shape index (κ3) is 4.99. The topological polar surface area (TPSA) is 30.8 Å². The molecule has 0 unspecified atom stereocenters. The molecule has 3 aromatic rings. The molecule has 0 N–H and O–H groups in total. The van der Waals surface area contributed by atoms with E-state index in [1.165, 1.54) is 0 Å². The zero-order valence-corrected chi connectivity index (χ0v) is 14.6. The molecule has 0 aliphatic carbocycles. The highest BCUT2D eigenvalue weighted by atomic mass is 16.6. The second kappa shape index (κ2) is 9.10. The predicted molar refractivity (Wildman–Crippen MR) is 104 cm³/mol. The second-order valence-electron chi connectivity index (χ2n) is 5.54. The normalized spacial score (nSPS) is 10.6. The van der Waals surface area contributed by atoms with E-state index in [1.807, 2.05) is 84.9 Å². The third-order valence-electron chi connectivity index (χ3n) is 3.69. The number of hydrogen-bond acceptors (Lipinski definition) is 3. The van der Waals surface area contributed by atoms with Crippen molar-refractivity contribution in [3.8, 4) is 17.6 Å². The molecule has 0 bridgehead atoms. The smallest absolute Gasteiger partial charge is 0.160 e. The zero-order valence-electron chi connectivity index (χ0n) is 14.6. The number of methoxy groups -OCH3 is 1. The number of benzene rings is 3. The Morgan fingerprint density at radius 2 is 1.50 bits per heavy atom. The van der Waals surface area contributed by atoms with Gasteiger partial charge in [0.25, 0.3) is 0 Å². The van der Waals surface area contributed by atoms with Crippen LogP contribution in [0.4, 0.5) is 0 Å². The van der Waals surface area contributed by atoms with Gasteiger partial charge < -0.3 is 9.57 Å². The molecule has 0 spiro atoms. The van der Waals surface area contributed by atoms with E-state index in [-0.39, 0.29) is 0 Å². The molecule has 0 atom stereocenters. The zero-order chi connectivity index (χ0) is 18.0. The maximum atomic E-state index is 5.54. The van der Waals surface area contributed by atoms with Crippen LogP contribution in [-0.4, -0.2) is 12.8 Å². The maximum Gasteiger partial charge on any atom is 0.160 e. The maximum absolute atomic E-state index is 5.54. The lowest BCUT2D eigenvalue weighted by Crippen LogP contribution is -1.99. The summed E-state index contributed by atoms with van der Waals surface area (Å²) in [7, 11) is 1.65. The van der Waals surface area contributed by atoms with E-state index in [0.717, 1.165) is 22.4 Å². The van der Waals surface area contributed by atoms with Gasteiger partial charge in [-0.1, -0.05) is 71.7 Å². The molecule has 0 aliphatic heterocycles. The van der Waals surface area contributed by atoms with Gasteiger partial charge in [-0.2, -0.15) is 0 Å². The lowest BCUT2D eigenvalue weighted by Gasteiger charge is -2.04. The summed E-state index contributed by atoms with van der Waals surface area (Å²) >= 11 is 0. The molecule has 0 heterocycles. The van der Waals surface area contributed by atoms with Crippen LogP contribution in [0, 0.1) is 11.8 Å². The summed E-state index contributed by atoms with van der Waals surface area (Å²) in [6.45, 7) is 0.368. The minimum absolute atomic E-state index is 0.368. The average Bonchev–Trinajstić information content (AvgIpc) is 2.72. The summed E-state index contributed by atoms with van der Waals surface area (Å²) < 4.78 is 5.16. The van der Waals surface area contributed by atoms with Crippen molar-refractivity contribution in [3.63, 3.8) is 0 Å². The standard InChI is InChI=1S/C23H19NO2/c1-25-22-15-12-20(13-16-22)18-26-24-23(21-10-6-3-7-11-21)17-14-19-8-4-2-5-9-19/h2-13,15-16H,18H2,1H3/b24-23+. The third-order valence-corrected chi connectivity index (χ3v) is 3.69. The van der Waals surface area contributed by atoms with Crippen molar-refractivity contribution in [1.29, 1.82) is 0 Å². The Morgan fingerprint density at radius 3 is 2.15 bits per heavy atom. The van der Waals surface area contributed by atoms with E-state index in [9.17, 15) is 0 Å². The molecule has 3 nitrogen and oxygen atoms in total. The van der Waals surface area contributed by atoms with E-state index >= 15 is 0 Å². The van der Waals surface area contributed by atoms with Crippen LogP contribution in [0.15, 0.2) is 90.1 Å². The number of oxime groups is 1. The quantitative estimate of drug-likeness (QED) is 0.384. The Bertz CT molecular complexity index is 905. The molecule has 0 fully saturated rings. The summed E-state index contributed by atoms with van der Waals surface area (Å²) in [5, 5.41) is 4.26. The van der Waals surface area contributed by atoms with Crippen molar-refractivity contribution in [2.24, 2.45) is 5.16 Å². The van der Waals surface area contributed by atoms with Gasteiger partial charge in [0.1, 0.15) is 12.4 Å². The highest BCUT2D eigenvalue weighted by Gasteiger charge is 2.01. The fraction of sp³-hybridized carbons (Fsp3) is 0.0870. The van der Waals surface area contributed by atoms with Gasteiger partial charge in [-0.15, -0.1) is 0 Å². The number of hydrogen-bond donors (Lipinski definition) is 0. The van der Waals surface area contributed by atoms with Crippen molar-refractivity contribution in [3.05, 3.63) is 102 Å². The number of nitrogens with zero attached hydrogens (tertiary/aromatic N) is 1. The van der Waals surface area contributed by atoms with Crippen LogP contribution >= 0.6 is 0 Å². The van der Waals surface area contributed by atoms with E-state index in [2.05, 4.69) is 17.0 Å². The van der Waals surface area contributed by atoms with Crippen LogP contribution < -0.4 is 4.74 Å². The SMILES string of the molecule is COc1ccc(CO/N=C(\C#Cc2ccccc2)c2ccccc2)cc1. The van der Waals surface area contributed by atoms with Gasteiger partial charge in [0, 0.05) is 11.1 Å². The molecule has 0 saturated heterocycles. The minimum Gasteiger partial charge on any atom is -0.497 e. The molecule has 0 aromatic heterocycles. The molecule has 0 saturated carbocycles. The van der Waals surface area contributed by atoms with Crippen LogP contribution in [0.25, 0.3) is 0 Å². The Morgan fingerprint density at radius 1 is 0.846 bits per heavy atom. The number of rotatable bonds is 5. The molecule has 26 heavy (non-hydrogen) atoms. The number of ether oxygens (including phenoxy) is 1. The minimum atomic E-state index is 0.368. The van der Waals surface area contributed by atoms with Crippen molar-refractivity contribution in [1.82, 2.24) is 0 Å². The summed E-state index contributed by atoms with van der Waals surface area (Å²) in [4.78, 5) is 5.54. The molecular weight excluding hydrogens is 322 g/mol. The predicted octanol–water partition coefficient (Wildman–Crippen LogP) is 4.67. The van der Waals surface area contributed by atoms with Crippen molar-refractivity contribution < 1.29 is 9.57 Å². The molecule has 3 rings (SSSR count). The molecule has 0 aliphatic rings. The van der Waals surface area contributed by atoms with E-state index in [1.54, 1.807) is 7.11 Å². The first kappa shape index (κ1) is 17.3. The monoisotopic (exact) mass is 341 g/mol. The Kier molecular flexibility index (Phi) is 6.06. The summed E-state index contributed by atoms with van der Waals surface area (Å²) in [5.74, 6) is 7.06. The van der Waals surface area contributed by atoms with Crippen LogP contribution in [0.5, 0.6) is 5.75 Å². The summed E-state index contributed by atoms with van der Waals surface area (Å²) in [6, 6.07) is 27.3. The lowest BCUT2D eigenvalue weighted by molar-refractivity contribution is 0.131. The van der Waals surface area contributed by atoms with Gasteiger partial charge in [0.15, 0.2) is 5.71 Å². The van der Waals surface area contributed by atoms with Crippen LogP contribution in [0.3, 0.4) is 0 Å². The van der Waals surface area contributed by atoms with Gasteiger partial charge in [0.2, 0.25) is 0 Å². The van der Waals surface area contributed by atoms with Crippen LogP contribution in [-0.2, 0) is 11.4 Å². The Balaban J connectivity index is 1.76. The van der Waals surface area contributed by atoms with E-state index < -0.39 is 0 Å². The molecule has 0 amide bonds. The van der Waals surface area contributed by atoms with Gasteiger partial charge in [-0.05, 0) is 35.7 Å². The molecule has 0 radical (unpaired) electrons. The van der Waals surface area contributed by atoms with Crippen molar-refractivity contribution >= 4 is 5.71 Å².